The molecular formula is C9H5BrF2OS. The second kappa shape index (κ2) is 3.47. The second-order valence-electron chi connectivity index (χ2n) is 2.77. The number of phenols is 1. The zero-order valence-corrected chi connectivity index (χ0v) is 9.20. The van der Waals surface area contributed by atoms with Crippen molar-refractivity contribution in [3.05, 3.63) is 27.5 Å². The van der Waals surface area contributed by atoms with Crippen LogP contribution in [-0.4, -0.2) is 5.11 Å². The first kappa shape index (κ1) is 9.86. The smallest absolute Gasteiger partial charge is 0.265 e. The van der Waals surface area contributed by atoms with Crippen LogP contribution in [0.15, 0.2) is 22.0 Å². The summed E-state index contributed by atoms with van der Waals surface area (Å²) in [7, 11) is 0. The van der Waals surface area contributed by atoms with Crippen molar-refractivity contribution in [1.82, 2.24) is 0 Å². The Morgan fingerprint density at radius 3 is 2.71 bits per heavy atom. The Morgan fingerprint density at radius 2 is 2.07 bits per heavy atom. The molecule has 14 heavy (non-hydrogen) atoms. The molecule has 74 valence electrons. The van der Waals surface area contributed by atoms with Crippen LogP contribution >= 0.6 is 27.3 Å². The molecule has 0 unspecified atom stereocenters. The molecule has 0 atom stereocenters. The van der Waals surface area contributed by atoms with Crippen LogP contribution in [0.25, 0.3) is 10.1 Å². The van der Waals surface area contributed by atoms with Gasteiger partial charge in [0, 0.05) is 15.6 Å². The second-order valence-corrected chi connectivity index (χ2v) is 5.20. The van der Waals surface area contributed by atoms with E-state index >= 15 is 0 Å². The summed E-state index contributed by atoms with van der Waals surface area (Å²) in [6.07, 6.45) is -2.51. The van der Waals surface area contributed by atoms with Crippen LogP contribution in [0, 0.1) is 0 Å². The summed E-state index contributed by atoms with van der Waals surface area (Å²) in [4.78, 5) is 0. The fourth-order valence-corrected chi connectivity index (χ4v) is 2.91. The number of halogens is 3. The fourth-order valence-electron chi connectivity index (χ4n) is 1.27. The van der Waals surface area contributed by atoms with E-state index in [4.69, 9.17) is 0 Å². The molecular weight excluding hydrogens is 274 g/mol. The minimum atomic E-state index is -2.51. The van der Waals surface area contributed by atoms with Gasteiger partial charge in [-0.25, -0.2) is 8.78 Å². The van der Waals surface area contributed by atoms with Crippen molar-refractivity contribution in [3.63, 3.8) is 0 Å². The van der Waals surface area contributed by atoms with Crippen LogP contribution in [0.1, 0.15) is 12.0 Å². The highest BCUT2D eigenvalue weighted by Gasteiger charge is 2.15. The van der Waals surface area contributed by atoms with Gasteiger partial charge in [0.15, 0.2) is 0 Å². The van der Waals surface area contributed by atoms with Gasteiger partial charge in [0.05, 0.1) is 3.79 Å². The summed E-state index contributed by atoms with van der Waals surface area (Å²) in [5.74, 6) is 0.0337. The molecule has 0 saturated carbocycles. The molecule has 0 bridgehead atoms. The van der Waals surface area contributed by atoms with E-state index in [2.05, 4.69) is 15.9 Å². The van der Waals surface area contributed by atoms with Gasteiger partial charge in [-0.2, -0.15) is 0 Å². The molecule has 1 heterocycles. The molecule has 1 nitrogen and oxygen atoms in total. The Balaban J connectivity index is 2.81. The number of hydrogen-bond donors (Lipinski definition) is 1. The lowest BCUT2D eigenvalue weighted by molar-refractivity contribution is 0.153. The summed E-state index contributed by atoms with van der Waals surface area (Å²) in [5, 5.41) is 9.90. The molecule has 5 heteroatoms. The van der Waals surface area contributed by atoms with Gasteiger partial charge >= 0.3 is 0 Å². The van der Waals surface area contributed by atoms with Crippen molar-refractivity contribution in [3.8, 4) is 5.75 Å². The van der Waals surface area contributed by atoms with Crippen molar-refractivity contribution in [2.45, 2.75) is 6.43 Å². The molecule has 0 aliphatic rings. The van der Waals surface area contributed by atoms with Crippen molar-refractivity contribution in [2.24, 2.45) is 0 Å². The number of alkyl halides is 2. The highest BCUT2D eigenvalue weighted by Crippen LogP contribution is 2.40. The first-order valence-corrected chi connectivity index (χ1v) is 5.39. The van der Waals surface area contributed by atoms with Crippen molar-refractivity contribution < 1.29 is 13.9 Å². The van der Waals surface area contributed by atoms with E-state index in [1.54, 1.807) is 6.07 Å². The van der Waals surface area contributed by atoms with Gasteiger partial charge in [-0.3, -0.25) is 0 Å². The maximum absolute atomic E-state index is 12.5. The fraction of sp³-hybridized carbons (Fsp3) is 0.111. The van der Waals surface area contributed by atoms with Crippen LogP contribution < -0.4 is 0 Å². The van der Waals surface area contributed by atoms with Crippen molar-refractivity contribution in [2.75, 3.05) is 0 Å². The lowest BCUT2D eigenvalue weighted by atomic mass is 10.1. The number of hydrogen-bond acceptors (Lipinski definition) is 2. The maximum Gasteiger partial charge on any atom is 0.265 e. The van der Waals surface area contributed by atoms with Crippen LogP contribution in [0.3, 0.4) is 0 Å². The molecule has 1 aromatic carbocycles. The summed E-state index contributed by atoms with van der Waals surface area (Å²) in [5.41, 5.74) is -0.0338. The Kier molecular flexibility index (Phi) is 2.45. The Bertz CT molecular complexity index is 481. The van der Waals surface area contributed by atoms with Gasteiger partial charge in [-0.1, -0.05) is 0 Å². The monoisotopic (exact) mass is 278 g/mol. The normalized spacial score (nSPS) is 11.4. The van der Waals surface area contributed by atoms with E-state index in [0.29, 0.717) is 10.1 Å². The predicted octanol–water partition coefficient (Wildman–Crippen LogP) is 4.31. The number of fused-ring (bicyclic) bond motifs is 1. The summed E-state index contributed by atoms with van der Waals surface area (Å²) in [6, 6.07) is 4.19. The molecule has 0 aliphatic carbocycles. The summed E-state index contributed by atoms with van der Waals surface area (Å²) >= 11 is 4.40. The Morgan fingerprint density at radius 1 is 1.36 bits per heavy atom. The molecule has 0 fully saturated rings. The molecule has 2 aromatic rings. The average Bonchev–Trinajstić information content (AvgIpc) is 2.47. The number of thiophene rings is 1. The molecule has 1 aromatic heterocycles. The zero-order valence-electron chi connectivity index (χ0n) is 6.80. The number of aromatic hydroxyl groups is 1. The van der Waals surface area contributed by atoms with Crippen LogP contribution in [0.5, 0.6) is 5.75 Å². The predicted molar refractivity (Wildman–Crippen MR) is 56.1 cm³/mol. The largest absolute Gasteiger partial charge is 0.507 e. The van der Waals surface area contributed by atoms with Gasteiger partial charge in [0.2, 0.25) is 0 Å². The standard InChI is InChI=1S/C9H5BrF2OS/c10-7-3-5-6(13)2-1-4(9(11)12)8(5)14-7/h1-3,9,13H. The van der Waals surface area contributed by atoms with Crippen molar-refractivity contribution >= 4 is 37.4 Å². The van der Waals surface area contributed by atoms with Crippen LogP contribution in [0.4, 0.5) is 8.78 Å². The average molecular weight is 279 g/mol. The third-order valence-corrected chi connectivity index (χ3v) is 3.58. The quantitative estimate of drug-likeness (QED) is 0.824. The molecule has 2 rings (SSSR count). The highest BCUT2D eigenvalue weighted by atomic mass is 79.9. The third-order valence-electron chi connectivity index (χ3n) is 1.90. The summed E-state index contributed by atoms with van der Waals surface area (Å²) < 4.78 is 26.3. The van der Waals surface area contributed by atoms with Crippen LogP contribution in [0.2, 0.25) is 0 Å². The van der Waals surface area contributed by atoms with E-state index < -0.39 is 6.43 Å². The van der Waals surface area contributed by atoms with E-state index in [1.165, 1.54) is 23.5 Å². The lowest BCUT2D eigenvalue weighted by Crippen LogP contribution is -1.83. The zero-order chi connectivity index (χ0) is 10.3. The highest BCUT2D eigenvalue weighted by molar-refractivity contribution is 9.11. The Labute approximate surface area is 91.1 Å². The maximum atomic E-state index is 12.5. The number of benzene rings is 1. The number of rotatable bonds is 1. The first-order valence-electron chi connectivity index (χ1n) is 3.78. The van der Waals surface area contributed by atoms with Gasteiger partial charge in [0.25, 0.3) is 6.43 Å². The van der Waals surface area contributed by atoms with Gasteiger partial charge in [-0.15, -0.1) is 11.3 Å². The minimum Gasteiger partial charge on any atom is -0.507 e. The SMILES string of the molecule is Oc1ccc(C(F)F)c2sc(Br)cc12. The Hall–Kier alpha value is -0.680. The van der Waals surface area contributed by atoms with Crippen LogP contribution in [-0.2, 0) is 0 Å². The van der Waals surface area contributed by atoms with E-state index in [-0.39, 0.29) is 11.3 Å². The lowest BCUT2D eigenvalue weighted by Gasteiger charge is -2.01. The van der Waals surface area contributed by atoms with Gasteiger partial charge in [0.1, 0.15) is 5.75 Å². The minimum absolute atomic E-state index is 0.0337. The molecule has 0 radical (unpaired) electrons. The number of phenolic OH excluding ortho intramolecular Hbond substituents is 1. The molecule has 0 aliphatic heterocycles. The molecule has 0 amide bonds. The first-order chi connectivity index (χ1) is 6.59. The van der Waals surface area contributed by atoms with E-state index in [1.807, 2.05) is 0 Å². The molecule has 1 N–H and O–H groups in total. The molecule has 0 saturated heterocycles. The third kappa shape index (κ3) is 1.50. The van der Waals surface area contributed by atoms with E-state index in [9.17, 15) is 13.9 Å². The van der Waals surface area contributed by atoms with Gasteiger partial charge in [-0.05, 0) is 34.1 Å². The van der Waals surface area contributed by atoms with E-state index in [0.717, 1.165) is 3.79 Å². The summed E-state index contributed by atoms with van der Waals surface area (Å²) in [6.45, 7) is 0. The molecule has 0 spiro atoms. The topological polar surface area (TPSA) is 20.2 Å². The van der Waals surface area contributed by atoms with Crippen molar-refractivity contribution in [1.29, 1.82) is 0 Å². The van der Waals surface area contributed by atoms with Gasteiger partial charge < -0.3 is 5.11 Å².